The van der Waals surface area contributed by atoms with Crippen LogP contribution in [0.15, 0.2) is 12.2 Å². The quantitative estimate of drug-likeness (QED) is 0.315. The SMILES string of the molecule is CCCC/C=C/[C@](F)(OC(F)(F)C(F)(F)C(F)(F)F)C(F)(F)F. The molecule has 0 heterocycles. The van der Waals surface area contributed by atoms with E-state index in [0.717, 1.165) is 0 Å². The van der Waals surface area contributed by atoms with Crippen LogP contribution < -0.4 is 0 Å². The molecule has 0 aliphatic carbocycles. The van der Waals surface area contributed by atoms with Crippen molar-refractivity contribution < 1.29 is 53.0 Å². The molecule has 23 heavy (non-hydrogen) atoms. The Morgan fingerprint density at radius 1 is 0.783 bits per heavy atom. The minimum Gasteiger partial charge on any atom is -0.266 e. The molecule has 12 heteroatoms. The molecule has 0 aromatic carbocycles. The summed E-state index contributed by atoms with van der Waals surface area (Å²) < 4.78 is 139. The van der Waals surface area contributed by atoms with E-state index < -0.39 is 36.3 Å². The number of hydrogen-bond donors (Lipinski definition) is 0. The fraction of sp³-hybridized carbons (Fsp3) is 0.818. The van der Waals surface area contributed by atoms with E-state index in [0.29, 0.717) is 12.5 Å². The van der Waals surface area contributed by atoms with Crippen LogP contribution in [-0.4, -0.2) is 30.2 Å². The van der Waals surface area contributed by atoms with E-state index in [4.69, 9.17) is 0 Å². The summed E-state index contributed by atoms with van der Waals surface area (Å²) in [6, 6.07) is 0. The van der Waals surface area contributed by atoms with Crippen LogP contribution in [0.3, 0.4) is 0 Å². The number of alkyl halides is 11. The first-order chi connectivity index (χ1) is 10.0. The van der Waals surface area contributed by atoms with Crippen LogP contribution in [0.2, 0.25) is 0 Å². The summed E-state index contributed by atoms with van der Waals surface area (Å²) in [6.07, 6.45) is -20.0. The number of unbranched alkanes of at least 4 members (excludes halogenated alkanes) is 2. The van der Waals surface area contributed by atoms with Crippen LogP contribution in [0.4, 0.5) is 48.3 Å². The number of allylic oxidation sites excluding steroid dienone is 1. The van der Waals surface area contributed by atoms with Crippen LogP contribution in [0, 0.1) is 0 Å². The highest BCUT2D eigenvalue weighted by Gasteiger charge is 2.77. The van der Waals surface area contributed by atoms with Gasteiger partial charge in [0.2, 0.25) is 0 Å². The van der Waals surface area contributed by atoms with Crippen molar-refractivity contribution in [2.45, 2.75) is 56.4 Å². The van der Waals surface area contributed by atoms with Crippen molar-refractivity contribution in [1.29, 1.82) is 0 Å². The topological polar surface area (TPSA) is 9.23 Å². The van der Waals surface area contributed by atoms with Crippen molar-refractivity contribution >= 4 is 0 Å². The van der Waals surface area contributed by atoms with E-state index in [2.05, 4.69) is 4.74 Å². The minimum absolute atomic E-state index is 0.194. The van der Waals surface area contributed by atoms with Crippen molar-refractivity contribution in [1.82, 2.24) is 0 Å². The molecule has 0 spiro atoms. The van der Waals surface area contributed by atoms with Gasteiger partial charge < -0.3 is 0 Å². The maximum absolute atomic E-state index is 13.5. The lowest BCUT2D eigenvalue weighted by atomic mass is 10.2. The van der Waals surface area contributed by atoms with Gasteiger partial charge in [0.1, 0.15) is 0 Å². The summed E-state index contributed by atoms with van der Waals surface area (Å²) in [4.78, 5) is 0. The Hall–Kier alpha value is -1.07. The molecule has 0 aromatic heterocycles. The van der Waals surface area contributed by atoms with E-state index in [1.54, 1.807) is 6.92 Å². The zero-order chi connectivity index (χ0) is 18.7. The predicted molar refractivity (Wildman–Crippen MR) is 55.6 cm³/mol. The minimum atomic E-state index is -7.03. The number of rotatable bonds is 7. The summed E-state index contributed by atoms with van der Waals surface area (Å²) in [5, 5.41) is 0. The summed E-state index contributed by atoms with van der Waals surface area (Å²) >= 11 is 0. The maximum Gasteiger partial charge on any atom is 0.462 e. The maximum atomic E-state index is 13.5. The molecule has 0 amide bonds. The second-order valence-corrected chi connectivity index (χ2v) is 4.38. The van der Waals surface area contributed by atoms with Crippen LogP contribution >= 0.6 is 0 Å². The molecule has 0 aliphatic rings. The highest BCUT2D eigenvalue weighted by molar-refractivity contribution is 5.02. The molecule has 0 unspecified atom stereocenters. The Morgan fingerprint density at radius 3 is 1.61 bits per heavy atom. The van der Waals surface area contributed by atoms with Gasteiger partial charge in [-0.05, 0) is 12.5 Å². The van der Waals surface area contributed by atoms with Crippen LogP contribution in [0.5, 0.6) is 0 Å². The van der Waals surface area contributed by atoms with Gasteiger partial charge in [-0.2, -0.15) is 48.3 Å². The molecular weight excluding hydrogens is 357 g/mol. The van der Waals surface area contributed by atoms with Crippen molar-refractivity contribution in [3.8, 4) is 0 Å². The van der Waals surface area contributed by atoms with E-state index in [1.165, 1.54) is 0 Å². The van der Waals surface area contributed by atoms with Gasteiger partial charge in [0.25, 0.3) is 0 Å². The fourth-order valence-corrected chi connectivity index (χ4v) is 1.16. The molecule has 1 nitrogen and oxygen atoms in total. The lowest BCUT2D eigenvalue weighted by molar-refractivity contribution is -0.473. The van der Waals surface area contributed by atoms with Gasteiger partial charge in [-0.25, -0.2) is 0 Å². The van der Waals surface area contributed by atoms with Crippen LogP contribution in [0.1, 0.15) is 26.2 Å². The van der Waals surface area contributed by atoms with Gasteiger partial charge in [0.05, 0.1) is 0 Å². The third kappa shape index (κ3) is 4.95. The monoisotopic (exact) mass is 368 g/mol. The third-order valence-corrected chi connectivity index (χ3v) is 2.44. The lowest BCUT2D eigenvalue weighted by Gasteiger charge is -2.33. The first-order valence-electron chi connectivity index (χ1n) is 5.97. The van der Waals surface area contributed by atoms with Crippen molar-refractivity contribution in [2.24, 2.45) is 0 Å². The summed E-state index contributed by atoms with van der Waals surface area (Å²) in [5.74, 6) is -12.5. The second kappa shape index (κ2) is 6.81. The van der Waals surface area contributed by atoms with E-state index in [9.17, 15) is 48.3 Å². The average molecular weight is 368 g/mol. The average Bonchev–Trinajstić information content (AvgIpc) is 2.31. The van der Waals surface area contributed by atoms with Crippen molar-refractivity contribution in [3.63, 3.8) is 0 Å². The molecule has 0 radical (unpaired) electrons. The van der Waals surface area contributed by atoms with E-state index in [-0.39, 0.29) is 12.8 Å². The second-order valence-electron chi connectivity index (χ2n) is 4.38. The number of ether oxygens (including phenoxy) is 1. The van der Waals surface area contributed by atoms with Gasteiger partial charge in [0.15, 0.2) is 0 Å². The molecule has 0 aromatic rings. The summed E-state index contributed by atoms with van der Waals surface area (Å²) in [7, 11) is 0. The number of hydrogen-bond acceptors (Lipinski definition) is 1. The Labute approximate surface area is 123 Å². The summed E-state index contributed by atoms with van der Waals surface area (Å²) in [6.45, 7) is 1.58. The van der Waals surface area contributed by atoms with Gasteiger partial charge in [-0.15, -0.1) is 0 Å². The molecule has 0 saturated heterocycles. The van der Waals surface area contributed by atoms with Gasteiger partial charge >= 0.3 is 30.2 Å². The number of halogens is 11. The van der Waals surface area contributed by atoms with E-state index in [1.807, 2.05) is 0 Å². The third-order valence-electron chi connectivity index (χ3n) is 2.44. The van der Waals surface area contributed by atoms with Crippen molar-refractivity contribution in [2.75, 3.05) is 0 Å². The normalized spacial score (nSPS) is 17.6. The smallest absolute Gasteiger partial charge is 0.266 e. The fourth-order valence-electron chi connectivity index (χ4n) is 1.16. The first kappa shape index (κ1) is 21.9. The zero-order valence-corrected chi connectivity index (χ0v) is 11.3. The molecule has 0 aliphatic heterocycles. The standard InChI is InChI=1S/C11H11F11O/c1-2-3-4-5-6-7(12,9(15,16)17)23-11(21,22)8(13,14)10(18,19)20/h5-6H,2-4H2,1H3/b6-5+/t7-/m0/s1. The highest BCUT2D eigenvalue weighted by Crippen LogP contribution is 2.51. The molecule has 1 atom stereocenters. The zero-order valence-electron chi connectivity index (χ0n) is 11.3. The lowest BCUT2D eigenvalue weighted by Crippen LogP contribution is -2.58. The molecular formula is C11H11F11O. The van der Waals surface area contributed by atoms with E-state index >= 15 is 0 Å². The highest BCUT2D eigenvalue weighted by atomic mass is 19.4. The van der Waals surface area contributed by atoms with Crippen molar-refractivity contribution in [3.05, 3.63) is 12.2 Å². The molecule has 0 N–H and O–H groups in total. The predicted octanol–water partition coefficient (Wildman–Crippen LogP) is 5.77. The Balaban J connectivity index is 5.60. The first-order valence-corrected chi connectivity index (χ1v) is 5.97. The Kier molecular flexibility index (Phi) is 6.50. The molecule has 0 fully saturated rings. The van der Waals surface area contributed by atoms with Gasteiger partial charge in [-0.1, -0.05) is 25.8 Å². The molecule has 0 rings (SSSR count). The summed E-state index contributed by atoms with van der Waals surface area (Å²) in [5.41, 5.74) is 0. The van der Waals surface area contributed by atoms with Crippen LogP contribution in [-0.2, 0) is 4.74 Å². The molecule has 138 valence electrons. The largest absolute Gasteiger partial charge is 0.462 e. The van der Waals surface area contributed by atoms with Crippen LogP contribution in [0.25, 0.3) is 0 Å². The molecule has 0 bridgehead atoms. The van der Waals surface area contributed by atoms with Gasteiger partial charge in [-0.3, -0.25) is 4.74 Å². The van der Waals surface area contributed by atoms with Gasteiger partial charge in [0, 0.05) is 0 Å². The Bertz CT molecular complexity index is 409. The molecule has 0 saturated carbocycles. The Morgan fingerprint density at radius 2 is 1.26 bits per heavy atom.